The van der Waals surface area contributed by atoms with Crippen molar-refractivity contribution in [3.8, 4) is 0 Å². The van der Waals surface area contributed by atoms with E-state index >= 15 is 0 Å². The van der Waals surface area contributed by atoms with Gasteiger partial charge in [-0.2, -0.15) is 0 Å². The number of aliphatic hydroxyl groups is 19. The summed E-state index contributed by atoms with van der Waals surface area (Å²) in [6.07, 6.45) is -59.2. The highest BCUT2D eigenvalue weighted by Gasteiger charge is 2.58. The lowest BCUT2D eigenvalue weighted by molar-refractivity contribution is -0.406. The normalized spacial score (nSPS) is 44.0. The Morgan fingerprint density at radius 2 is 0.770 bits per heavy atom. The van der Waals surface area contributed by atoms with Crippen molar-refractivity contribution >= 4 is 26.5 Å². The Balaban J connectivity index is 0.956. The van der Waals surface area contributed by atoms with Gasteiger partial charge in [0.2, 0.25) is 10.0 Å². The topological polar surface area (TPSA) is 545 Å². The fourth-order valence-electron chi connectivity index (χ4n) is 11.0. The second-order valence-electron chi connectivity index (χ2n) is 21.9. The molecule has 6 saturated heterocycles. The van der Waals surface area contributed by atoms with E-state index in [9.17, 15) is 105 Å². The van der Waals surface area contributed by atoms with E-state index in [0.717, 1.165) is 5.69 Å². The van der Waals surface area contributed by atoms with Gasteiger partial charge in [0.25, 0.3) is 0 Å². The van der Waals surface area contributed by atoms with Crippen molar-refractivity contribution in [2.24, 2.45) is 0 Å². The molecular formula is C51H80N2O33S. The van der Waals surface area contributed by atoms with Gasteiger partial charge in [-0.3, -0.25) is 0 Å². The molecule has 20 N–H and O–H groups in total. The van der Waals surface area contributed by atoms with Gasteiger partial charge in [0.1, 0.15) is 146 Å². The minimum Gasteiger partial charge on any atom is -0.394 e. The van der Waals surface area contributed by atoms with Crippen LogP contribution in [0.15, 0.2) is 41.3 Å². The Morgan fingerprint density at radius 1 is 0.402 bits per heavy atom. The fourth-order valence-corrected chi connectivity index (χ4v) is 12.3. The SMILES string of the molecule is CN(C)c1cccc2c(S(=O)(=O)NCCCO[C@H]3O[C@H](CO)[C@@H](O)[C@H](O)[C@@H]3O[C@H]3O[C@H](CO)[C@@H](O)[C@H](O)[C@@H]3O[C@H]3O[C@H](CO)[C@@H](O)[C@H](O[C@H]4O[C@H](CO)[C@@H](O[C@H]5O[C@H](CO)[C@@H](O)[C@H](O)[C@H]5O[C@H]5O[C@H](CO)[C@@H](O)[C@H](O)[C@H]5O)[C@H](O)[C@H]4O)[C@@H]3O)cccc12. The summed E-state index contributed by atoms with van der Waals surface area (Å²) >= 11 is 0. The van der Waals surface area contributed by atoms with Crippen molar-refractivity contribution in [2.45, 2.75) is 196 Å². The molecule has 0 bridgehead atoms. The van der Waals surface area contributed by atoms with Crippen LogP contribution in [0.1, 0.15) is 6.42 Å². The molecule has 8 rings (SSSR count). The maximum atomic E-state index is 13.6. The van der Waals surface area contributed by atoms with Crippen LogP contribution >= 0.6 is 0 Å². The summed E-state index contributed by atoms with van der Waals surface area (Å²) in [4.78, 5) is 1.84. The van der Waals surface area contributed by atoms with Crippen LogP contribution in [0.2, 0.25) is 0 Å². The van der Waals surface area contributed by atoms with Gasteiger partial charge in [0.05, 0.1) is 51.1 Å². The first kappa shape index (κ1) is 70.0. The first-order valence-corrected chi connectivity index (χ1v) is 29.3. The van der Waals surface area contributed by atoms with Crippen molar-refractivity contribution in [2.75, 3.05) is 71.8 Å². The highest BCUT2D eigenvalue weighted by atomic mass is 32.2. The van der Waals surface area contributed by atoms with Crippen LogP contribution in [-0.2, 0) is 66.9 Å². The summed E-state index contributed by atoms with van der Waals surface area (Å²) in [5.74, 6) is 0. The molecule has 498 valence electrons. The molecule has 0 aliphatic carbocycles. The van der Waals surface area contributed by atoms with Crippen molar-refractivity contribution < 1.29 is 162 Å². The largest absolute Gasteiger partial charge is 0.394 e. The summed E-state index contributed by atoms with van der Waals surface area (Å²) in [5, 5.41) is 206. The first-order valence-electron chi connectivity index (χ1n) is 27.9. The van der Waals surface area contributed by atoms with E-state index in [0.29, 0.717) is 10.8 Å². The smallest absolute Gasteiger partial charge is 0.241 e. The Hall–Kier alpha value is -2.83. The lowest BCUT2D eigenvalue weighted by atomic mass is 9.95. The zero-order valence-electron chi connectivity index (χ0n) is 46.7. The van der Waals surface area contributed by atoms with Crippen LogP contribution in [0.5, 0.6) is 0 Å². The molecular weight excluding hydrogens is 1200 g/mol. The van der Waals surface area contributed by atoms with Crippen LogP contribution in [0, 0.1) is 0 Å². The lowest BCUT2D eigenvalue weighted by Gasteiger charge is -2.50. The summed E-state index contributed by atoms with van der Waals surface area (Å²) in [7, 11) is -0.490. The molecule has 2 aromatic carbocycles. The molecule has 2 aromatic rings. The van der Waals surface area contributed by atoms with Crippen LogP contribution < -0.4 is 9.62 Å². The first-order chi connectivity index (χ1) is 41.4. The maximum absolute atomic E-state index is 13.6. The van der Waals surface area contributed by atoms with E-state index in [1.54, 1.807) is 24.3 Å². The monoisotopic (exact) mass is 1280 g/mol. The molecule has 0 unspecified atom stereocenters. The molecule has 36 heteroatoms. The third-order valence-electron chi connectivity index (χ3n) is 15.9. The zero-order valence-corrected chi connectivity index (χ0v) is 47.5. The van der Waals surface area contributed by atoms with E-state index < -0.39 is 234 Å². The molecule has 30 atom stereocenters. The molecule has 87 heavy (non-hydrogen) atoms. The van der Waals surface area contributed by atoms with E-state index in [-0.39, 0.29) is 24.5 Å². The zero-order chi connectivity index (χ0) is 63.5. The number of fused-ring (bicyclic) bond motifs is 1. The van der Waals surface area contributed by atoms with Crippen molar-refractivity contribution in [3.63, 3.8) is 0 Å². The summed E-state index contributed by atoms with van der Waals surface area (Å²) < 4.78 is 98.8. The van der Waals surface area contributed by atoms with Gasteiger partial charge in [-0.1, -0.05) is 24.3 Å². The van der Waals surface area contributed by atoms with E-state index in [2.05, 4.69) is 4.72 Å². The van der Waals surface area contributed by atoms with E-state index in [4.69, 9.17) is 56.8 Å². The lowest BCUT2D eigenvalue weighted by Crippen LogP contribution is -2.68. The van der Waals surface area contributed by atoms with Gasteiger partial charge in [0.15, 0.2) is 37.7 Å². The van der Waals surface area contributed by atoms with Gasteiger partial charge in [0, 0.05) is 37.1 Å². The number of anilines is 1. The number of sulfonamides is 1. The van der Waals surface area contributed by atoms with Crippen molar-refractivity contribution in [3.05, 3.63) is 36.4 Å². The summed E-state index contributed by atoms with van der Waals surface area (Å²) in [6.45, 7) is -6.44. The standard InChI is InChI=1S/C51H80N2O33S/c1-53(2)20-8-3-7-19-18(20)6-4-9-27(19)87(73,74)52-10-5-11-75-49-43(34(66)29(61)22(13-55)78-49)86-51-45(36(68)31(63)24(15-57)80-51)85-48-40(72)42(32(64)25(16-58)77-48)83-47-39(71)37(69)41(26(17-59)81-47)82-50-44(35(67)30(62)23(14-56)79-50)84-46-38(70)33(65)28(60)21(12-54)76-46/h3-4,6-9,21-26,28-52,54-72H,5,10-17H2,1-2H3/t21-,22-,23-,24-,25-,26-,28-,29-,30-,31-,32-,33+,34+,35+,36+,37-,38-,39-,40+,41-,42+,43+,44-,45+,46-,47-,48-,49+,50-,51-/m1/s1. The highest BCUT2D eigenvalue weighted by Crippen LogP contribution is 2.38. The quantitative estimate of drug-likeness (QED) is 0.0434. The molecule has 6 fully saturated rings. The molecule has 0 saturated carbocycles. The Bertz CT molecular complexity index is 2580. The third kappa shape index (κ3) is 14.8. The predicted octanol–water partition coefficient (Wildman–Crippen LogP) is -11.5. The molecule has 0 aromatic heterocycles. The molecule has 0 amide bonds. The average molecular weight is 1280 g/mol. The minimum atomic E-state index is -4.12. The molecule has 6 aliphatic rings. The second-order valence-corrected chi connectivity index (χ2v) is 23.6. The Labute approximate surface area is 496 Å². The van der Waals surface area contributed by atoms with Crippen molar-refractivity contribution in [1.29, 1.82) is 0 Å². The Morgan fingerprint density at radius 3 is 1.28 bits per heavy atom. The van der Waals surface area contributed by atoms with Gasteiger partial charge < -0.3 is 159 Å². The summed E-state index contributed by atoms with van der Waals surface area (Å²) in [5.41, 5.74) is 0.779. The van der Waals surface area contributed by atoms with E-state index in [1.807, 2.05) is 25.1 Å². The van der Waals surface area contributed by atoms with Gasteiger partial charge in [-0.25, -0.2) is 13.1 Å². The fraction of sp³-hybridized carbons (Fsp3) is 0.804. The predicted molar refractivity (Wildman–Crippen MR) is 281 cm³/mol. The maximum Gasteiger partial charge on any atom is 0.241 e. The number of aliphatic hydroxyl groups excluding tert-OH is 19. The second kappa shape index (κ2) is 30.3. The van der Waals surface area contributed by atoms with Crippen LogP contribution in [-0.4, -0.2) is 357 Å². The van der Waals surface area contributed by atoms with Crippen LogP contribution in [0.4, 0.5) is 5.69 Å². The Kier molecular flexibility index (Phi) is 24.4. The molecule has 0 radical (unpaired) electrons. The molecule has 0 spiro atoms. The van der Waals surface area contributed by atoms with Crippen LogP contribution in [0.3, 0.4) is 0 Å². The molecule has 6 heterocycles. The minimum absolute atomic E-state index is 0.000737. The number of hydrogen-bond donors (Lipinski definition) is 20. The van der Waals surface area contributed by atoms with Gasteiger partial charge >= 0.3 is 0 Å². The number of hydrogen-bond acceptors (Lipinski definition) is 34. The van der Waals surface area contributed by atoms with E-state index in [1.165, 1.54) is 6.07 Å². The van der Waals surface area contributed by atoms with Gasteiger partial charge in [-0.05, 0) is 18.6 Å². The van der Waals surface area contributed by atoms with Crippen molar-refractivity contribution in [1.82, 2.24) is 4.72 Å². The third-order valence-corrected chi connectivity index (χ3v) is 17.5. The number of ether oxygens (including phenoxy) is 12. The highest BCUT2D eigenvalue weighted by molar-refractivity contribution is 7.89. The molecule has 6 aliphatic heterocycles. The number of benzene rings is 2. The summed E-state index contributed by atoms with van der Waals surface area (Å²) in [6, 6.07) is 10.0. The average Bonchev–Trinajstić information content (AvgIpc) is 1.76. The molecule has 35 nitrogen and oxygen atoms in total. The van der Waals surface area contributed by atoms with Crippen LogP contribution in [0.25, 0.3) is 10.8 Å². The van der Waals surface area contributed by atoms with Gasteiger partial charge in [-0.15, -0.1) is 0 Å². The number of nitrogens with one attached hydrogen (secondary N) is 1. The number of nitrogens with zero attached hydrogens (tertiary/aromatic N) is 1. The number of rotatable bonds is 24.